The van der Waals surface area contributed by atoms with Gasteiger partial charge in [-0.2, -0.15) is 0 Å². The summed E-state index contributed by atoms with van der Waals surface area (Å²) in [4.78, 5) is 25.1. The molecule has 1 aliphatic carbocycles. The van der Waals surface area contributed by atoms with E-state index >= 15 is 0 Å². The van der Waals surface area contributed by atoms with Crippen LogP contribution in [0.15, 0.2) is 18.2 Å². The summed E-state index contributed by atoms with van der Waals surface area (Å²) < 4.78 is 0. The topological polar surface area (TPSA) is 73.5 Å². The predicted octanol–water partition coefficient (Wildman–Crippen LogP) is 1.71. The Morgan fingerprint density at radius 3 is 2.95 bits per heavy atom. The van der Waals surface area contributed by atoms with Crippen LogP contribution in [-0.2, 0) is 12.8 Å². The number of anilines is 1. The number of urea groups is 2. The molecule has 3 rings (SSSR count). The Labute approximate surface area is 130 Å². The van der Waals surface area contributed by atoms with Gasteiger partial charge in [0.25, 0.3) is 0 Å². The molecule has 22 heavy (non-hydrogen) atoms. The Morgan fingerprint density at radius 1 is 1.27 bits per heavy atom. The zero-order valence-electron chi connectivity index (χ0n) is 12.7. The number of carbonyl (C=O) groups excluding carboxylic acids is 2. The molecular weight excluding hydrogens is 280 g/mol. The average Bonchev–Trinajstić information content (AvgIpc) is 2.93. The molecule has 3 N–H and O–H groups in total. The van der Waals surface area contributed by atoms with Crippen molar-refractivity contribution >= 4 is 17.7 Å². The lowest BCUT2D eigenvalue weighted by Gasteiger charge is -2.20. The highest BCUT2D eigenvalue weighted by Crippen LogP contribution is 2.27. The average molecular weight is 302 g/mol. The van der Waals surface area contributed by atoms with E-state index < -0.39 is 0 Å². The van der Waals surface area contributed by atoms with Crippen LogP contribution in [0.3, 0.4) is 0 Å². The van der Waals surface area contributed by atoms with Crippen LogP contribution in [-0.4, -0.2) is 43.1 Å². The van der Waals surface area contributed by atoms with E-state index in [4.69, 9.17) is 0 Å². The van der Waals surface area contributed by atoms with Crippen LogP contribution in [0, 0.1) is 0 Å². The molecule has 2 aliphatic rings. The number of rotatable bonds is 4. The Kier molecular flexibility index (Phi) is 4.46. The van der Waals surface area contributed by atoms with Crippen molar-refractivity contribution in [3.63, 3.8) is 0 Å². The van der Waals surface area contributed by atoms with Crippen molar-refractivity contribution < 1.29 is 9.59 Å². The van der Waals surface area contributed by atoms with Gasteiger partial charge in [0.2, 0.25) is 0 Å². The van der Waals surface area contributed by atoms with Crippen LogP contribution in [0.25, 0.3) is 0 Å². The van der Waals surface area contributed by atoms with E-state index in [9.17, 15) is 9.59 Å². The van der Waals surface area contributed by atoms with E-state index in [1.54, 1.807) is 4.90 Å². The first-order chi connectivity index (χ1) is 10.7. The molecule has 1 aliphatic heterocycles. The largest absolute Gasteiger partial charge is 0.336 e. The van der Waals surface area contributed by atoms with Crippen LogP contribution in [0.1, 0.15) is 24.0 Å². The highest BCUT2D eigenvalue weighted by atomic mass is 16.2. The number of carbonyl (C=O) groups is 2. The maximum absolute atomic E-state index is 12.0. The highest BCUT2D eigenvalue weighted by Gasteiger charge is 2.19. The molecular formula is C16H22N4O2. The number of hydrogen-bond donors (Lipinski definition) is 3. The van der Waals surface area contributed by atoms with Crippen LogP contribution in [0.4, 0.5) is 15.3 Å². The third kappa shape index (κ3) is 3.32. The predicted molar refractivity (Wildman–Crippen MR) is 85.1 cm³/mol. The molecule has 1 saturated heterocycles. The van der Waals surface area contributed by atoms with Gasteiger partial charge in [-0.15, -0.1) is 0 Å². The maximum Gasteiger partial charge on any atom is 0.319 e. The van der Waals surface area contributed by atoms with Crippen molar-refractivity contribution in [2.45, 2.75) is 25.7 Å². The highest BCUT2D eigenvalue weighted by molar-refractivity contribution is 5.90. The number of amides is 4. The van der Waals surface area contributed by atoms with Crippen molar-refractivity contribution in [2.75, 3.05) is 31.5 Å². The van der Waals surface area contributed by atoms with Gasteiger partial charge in [-0.1, -0.05) is 12.1 Å². The van der Waals surface area contributed by atoms with E-state index in [0.29, 0.717) is 26.2 Å². The van der Waals surface area contributed by atoms with Gasteiger partial charge in [-0.25, -0.2) is 9.59 Å². The summed E-state index contributed by atoms with van der Waals surface area (Å²) in [7, 11) is 0. The number of nitrogens with one attached hydrogen (secondary N) is 3. The molecule has 0 atom stereocenters. The molecule has 0 aromatic heterocycles. The third-order valence-electron chi connectivity index (χ3n) is 4.26. The van der Waals surface area contributed by atoms with Crippen molar-refractivity contribution in [3.05, 3.63) is 29.3 Å². The molecule has 1 fully saturated rings. The monoisotopic (exact) mass is 302 g/mol. The molecule has 6 heteroatoms. The number of benzene rings is 1. The van der Waals surface area contributed by atoms with Gasteiger partial charge < -0.3 is 20.9 Å². The summed E-state index contributed by atoms with van der Waals surface area (Å²) >= 11 is 0. The second-order valence-corrected chi connectivity index (χ2v) is 5.75. The zero-order chi connectivity index (χ0) is 15.4. The Bertz CT molecular complexity index is 573. The smallest absolute Gasteiger partial charge is 0.319 e. The molecule has 0 radical (unpaired) electrons. The summed E-state index contributed by atoms with van der Waals surface area (Å²) in [6, 6.07) is 5.83. The van der Waals surface area contributed by atoms with Crippen LogP contribution in [0.2, 0.25) is 0 Å². The van der Waals surface area contributed by atoms with E-state index in [-0.39, 0.29) is 12.1 Å². The summed E-state index contributed by atoms with van der Waals surface area (Å²) in [6.07, 6.45) is 4.52. The normalized spacial score (nSPS) is 16.9. The van der Waals surface area contributed by atoms with E-state index in [1.807, 2.05) is 12.1 Å². The Hall–Kier alpha value is -2.24. The molecule has 0 spiro atoms. The number of hydrogen-bond acceptors (Lipinski definition) is 2. The van der Waals surface area contributed by atoms with Crippen LogP contribution < -0.4 is 16.0 Å². The van der Waals surface area contributed by atoms with Crippen LogP contribution >= 0.6 is 0 Å². The van der Waals surface area contributed by atoms with Crippen molar-refractivity contribution in [1.29, 1.82) is 0 Å². The lowest BCUT2D eigenvalue weighted by Crippen LogP contribution is -2.38. The van der Waals surface area contributed by atoms with Gasteiger partial charge in [-0.3, -0.25) is 0 Å². The summed E-state index contributed by atoms with van der Waals surface area (Å²) in [5, 5.41) is 8.49. The first-order valence-electron chi connectivity index (χ1n) is 7.92. The first-order valence-corrected chi connectivity index (χ1v) is 7.92. The molecule has 1 heterocycles. The minimum atomic E-state index is -0.210. The fraction of sp³-hybridized carbons (Fsp3) is 0.500. The van der Waals surface area contributed by atoms with Gasteiger partial charge in [0, 0.05) is 31.9 Å². The van der Waals surface area contributed by atoms with Gasteiger partial charge in [0.15, 0.2) is 0 Å². The van der Waals surface area contributed by atoms with Crippen molar-refractivity contribution in [1.82, 2.24) is 15.5 Å². The Balaban J connectivity index is 1.50. The third-order valence-corrected chi connectivity index (χ3v) is 4.26. The first kappa shape index (κ1) is 14.7. The van der Waals surface area contributed by atoms with Gasteiger partial charge in [0.1, 0.15) is 0 Å². The van der Waals surface area contributed by atoms with Crippen molar-refractivity contribution in [3.8, 4) is 0 Å². The van der Waals surface area contributed by atoms with Crippen molar-refractivity contribution in [2.24, 2.45) is 0 Å². The number of aryl methyl sites for hydroxylation is 1. The van der Waals surface area contributed by atoms with E-state index in [0.717, 1.165) is 18.5 Å². The molecule has 1 aromatic carbocycles. The summed E-state index contributed by atoms with van der Waals surface area (Å²) in [5.74, 6) is 0. The lowest BCUT2D eigenvalue weighted by molar-refractivity contribution is 0.216. The van der Waals surface area contributed by atoms with Gasteiger partial charge in [0.05, 0.1) is 0 Å². The standard InChI is InChI=1S/C16H22N4O2/c21-15(17-8-10-20-11-9-18-16(20)22)19-14-7-3-5-12-4-1-2-6-13(12)14/h3,5,7H,1-2,4,6,8-11H2,(H,18,22)(H2,17,19,21). The molecule has 1 aromatic rings. The van der Waals surface area contributed by atoms with Gasteiger partial charge >= 0.3 is 12.1 Å². The van der Waals surface area contributed by atoms with Gasteiger partial charge in [-0.05, 0) is 42.9 Å². The Morgan fingerprint density at radius 2 is 2.14 bits per heavy atom. The molecule has 0 saturated carbocycles. The van der Waals surface area contributed by atoms with Crippen LogP contribution in [0.5, 0.6) is 0 Å². The van der Waals surface area contributed by atoms with E-state index in [2.05, 4.69) is 22.0 Å². The number of nitrogens with zero attached hydrogens (tertiary/aromatic N) is 1. The zero-order valence-corrected chi connectivity index (χ0v) is 12.7. The second kappa shape index (κ2) is 6.68. The lowest BCUT2D eigenvalue weighted by atomic mass is 9.90. The molecule has 0 unspecified atom stereocenters. The second-order valence-electron chi connectivity index (χ2n) is 5.75. The summed E-state index contributed by atoms with van der Waals surface area (Å²) in [6.45, 7) is 2.37. The minimum absolute atomic E-state index is 0.0562. The minimum Gasteiger partial charge on any atom is -0.336 e. The van der Waals surface area contributed by atoms with E-state index in [1.165, 1.54) is 24.0 Å². The number of fused-ring (bicyclic) bond motifs is 1. The SMILES string of the molecule is O=C(NCCN1CCNC1=O)Nc1cccc2c1CCCC2. The summed E-state index contributed by atoms with van der Waals surface area (Å²) in [5.41, 5.74) is 3.52. The fourth-order valence-corrected chi connectivity index (χ4v) is 3.09. The quantitative estimate of drug-likeness (QED) is 0.792. The molecule has 6 nitrogen and oxygen atoms in total. The molecule has 0 bridgehead atoms. The fourth-order valence-electron chi connectivity index (χ4n) is 3.09. The molecule has 118 valence electrons. The molecule has 4 amide bonds. The maximum atomic E-state index is 12.0.